The Kier molecular flexibility index (Phi) is 10.8. The van der Waals surface area contributed by atoms with Gasteiger partial charge in [-0.3, -0.25) is 0 Å². The molecule has 2 aliphatic carbocycles. The maximum absolute atomic E-state index is 5.41. The lowest BCUT2D eigenvalue weighted by molar-refractivity contribution is -0.314. The van der Waals surface area contributed by atoms with E-state index in [1.807, 2.05) is 0 Å². The lowest BCUT2D eigenvalue weighted by Gasteiger charge is -2.51. The highest BCUT2D eigenvalue weighted by Crippen LogP contribution is 2.55. The second-order valence-electron chi connectivity index (χ2n) is 11.5. The van der Waals surface area contributed by atoms with E-state index in [2.05, 4.69) is 60.3 Å². The van der Waals surface area contributed by atoms with Gasteiger partial charge >= 0.3 is 0 Å². The maximum atomic E-state index is 5.41. The molecule has 0 saturated heterocycles. The molecule has 2 saturated carbocycles. The molecule has 0 aromatic heterocycles. The monoisotopic (exact) mass is 432 g/mol. The van der Waals surface area contributed by atoms with Crippen molar-refractivity contribution in [1.82, 2.24) is 0 Å². The molecular formula is C29H52O2. The van der Waals surface area contributed by atoms with Crippen LogP contribution in [-0.4, -0.2) is 12.7 Å². The van der Waals surface area contributed by atoms with Gasteiger partial charge in [-0.15, -0.1) is 6.58 Å². The molecule has 2 aliphatic rings. The summed E-state index contributed by atoms with van der Waals surface area (Å²) in [6.07, 6.45) is 21.9. The van der Waals surface area contributed by atoms with Crippen LogP contribution in [0.5, 0.6) is 0 Å². The van der Waals surface area contributed by atoms with E-state index in [1.165, 1.54) is 64.2 Å². The van der Waals surface area contributed by atoms with E-state index in [9.17, 15) is 0 Å². The first-order chi connectivity index (χ1) is 14.7. The molecule has 0 aliphatic heterocycles. The van der Waals surface area contributed by atoms with Gasteiger partial charge in [-0.05, 0) is 80.0 Å². The molecular weight excluding hydrogens is 380 g/mol. The summed E-state index contributed by atoms with van der Waals surface area (Å²) in [5, 5.41) is 0. The first kappa shape index (κ1) is 26.7. The number of allylic oxidation sites excluding steroid dienone is 2. The van der Waals surface area contributed by atoms with E-state index < -0.39 is 0 Å². The Bertz CT molecular complexity index is 549. The van der Waals surface area contributed by atoms with Crippen molar-refractivity contribution in [2.75, 3.05) is 6.61 Å². The van der Waals surface area contributed by atoms with Crippen molar-refractivity contribution in [2.24, 2.45) is 34.5 Å². The highest BCUT2D eigenvalue weighted by atomic mass is 17.2. The van der Waals surface area contributed by atoms with Crippen LogP contribution in [0.4, 0.5) is 0 Å². The Hall–Kier alpha value is -0.600. The van der Waals surface area contributed by atoms with Gasteiger partial charge in [0.2, 0.25) is 0 Å². The first-order valence-corrected chi connectivity index (χ1v) is 13.3. The van der Waals surface area contributed by atoms with Crippen LogP contribution in [0.2, 0.25) is 0 Å². The van der Waals surface area contributed by atoms with Crippen molar-refractivity contribution in [3.05, 3.63) is 24.8 Å². The predicted molar refractivity (Wildman–Crippen MR) is 134 cm³/mol. The molecule has 0 heterocycles. The van der Waals surface area contributed by atoms with Crippen LogP contribution in [0, 0.1) is 34.5 Å². The van der Waals surface area contributed by atoms with Crippen molar-refractivity contribution >= 4 is 0 Å². The summed E-state index contributed by atoms with van der Waals surface area (Å²) in [6, 6.07) is 0. The topological polar surface area (TPSA) is 18.5 Å². The molecule has 2 nitrogen and oxygen atoms in total. The van der Waals surface area contributed by atoms with E-state index in [0.29, 0.717) is 12.0 Å². The summed E-state index contributed by atoms with van der Waals surface area (Å²) in [5.74, 6) is 3.26. The third kappa shape index (κ3) is 7.19. The maximum Gasteiger partial charge on any atom is 0.100 e. The number of rotatable bonds is 13. The van der Waals surface area contributed by atoms with Gasteiger partial charge in [0.15, 0.2) is 0 Å². The zero-order chi connectivity index (χ0) is 22.9. The van der Waals surface area contributed by atoms with Gasteiger partial charge in [-0.1, -0.05) is 85.0 Å². The molecule has 0 radical (unpaired) electrons. The van der Waals surface area contributed by atoms with Crippen LogP contribution >= 0.6 is 0 Å². The molecule has 2 fully saturated rings. The summed E-state index contributed by atoms with van der Waals surface area (Å²) in [6.45, 7) is 18.7. The second-order valence-corrected chi connectivity index (χ2v) is 11.5. The van der Waals surface area contributed by atoms with Crippen molar-refractivity contribution in [1.29, 1.82) is 0 Å². The zero-order valence-electron chi connectivity index (χ0n) is 21.6. The van der Waals surface area contributed by atoms with Gasteiger partial charge in [0, 0.05) is 0 Å². The summed E-state index contributed by atoms with van der Waals surface area (Å²) < 4.78 is 0. The lowest BCUT2D eigenvalue weighted by Crippen LogP contribution is -2.42. The lowest BCUT2D eigenvalue weighted by atomic mass is 9.53. The number of hydrogen-bond donors (Lipinski definition) is 0. The first-order valence-electron chi connectivity index (χ1n) is 13.3. The van der Waals surface area contributed by atoms with Crippen LogP contribution in [-0.2, 0) is 9.78 Å². The fourth-order valence-electron chi connectivity index (χ4n) is 6.54. The van der Waals surface area contributed by atoms with Gasteiger partial charge in [0.1, 0.15) is 6.61 Å². The average Bonchev–Trinajstić information content (AvgIpc) is 3.08. The Balaban J connectivity index is 1.95. The van der Waals surface area contributed by atoms with E-state index >= 15 is 0 Å². The summed E-state index contributed by atoms with van der Waals surface area (Å²) in [5.41, 5.74) is 0.707. The van der Waals surface area contributed by atoms with Crippen molar-refractivity contribution in [2.45, 2.75) is 118 Å². The van der Waals surface area contributed by atoms with Crippen LogP contribution in [0.25, 0.3) is 0 Å². The molecule has 6 atom stereocenters. The van der Waals surface area contributed by atoms with E-state index in [-0.39, 0.29) is 11.5 Å². The molecule has 2 heteroatoms. The second kappa shape index (κ2) is 12.6. The highest BCUT2D eigenvalue weighted by Gasteiger charge is 2.46. The highest BCUT2D eigenvalue weighted by molar-refractivity contribution is 5.10. The van der Waals surface area contributed by atoms with E-state index in [0.717, 1.165) is 30.1 Å². The molecule has 0 aromatic carbocycles. The SMILES string of the molecule is C=CCOOC(C)CCCC1CCC(C)C1/C=C\C(C)(C)C1(C)CCCCC1CCC. The minimum atomic E-state index is 0.161. The van der Waals surface area contributed by atoms with Gasteiger partial charge in [0.05, 0.1) is 6.10 Å². The summed E-state index contributed by atoms with van der Waals surface area (Å²) in [7, 11) is 0. The Morgan fingerprint density at radius 3 is 2.65 bits per heavy atom. The Morgan fingerprint density at radius 1 is 1.16 bits per heavy atom. The Morgan fingerprint density at radius 2 is 1.94 bits per heavy atom. The molecule has 180 valence electrons. The fourth-order valence-corrected chi connectivity index (χ4v) is 6.54. The third-order valence-corrected chi connectivity index (χ3v) is 9.04. The van der Waals surface area contributed by atoms with Crippen LogP contribution < -0.4 is 0 Å². The van der Waals surface area contributed by atoms with E-state index in [4.69, 9.17) is 9.78 Å². The van der Waals surface area contributed by atoms with Gasteiger partial charge < -0.3 is 0 Å². The number of hydrogen-bond acceptors (Lipinski definition) is 2. The standard InChI is InChI=1S/C29H52O2/c1-8-13-26-16-10-11-20-29(26,7)28(5,6)21-19-27-23(3)17-18-25(27)15-12-14-24(4)31-30-22-9-2/h9,19,21,23-27H,2,8,10-18,20,22H2,1,3-7H3/b21-19-. The molecule has 6 unspecified atom stereocenters. The zero-order valence-corrected chi connectivity index (χ0v) is 21.6. The van der Waals surface area contributed by atoms with Crippen LogP contribution in [0.15, 0.2) is 24.8 Å². The normalized spacial score (nSPS) is 33.1. The van der Waals surface area contributed by atoms with Gasteiger partial charge in [-0.25, -0.2) is 9.78 Å². The largest absolute Gasteiger partial charge is 0.233 e. The molecule has 0 bridgehead atoms. The van der Waals surface area contributed by atoms with Crippen LogP contribution in [0.1, 0.15) is 112 Å². The minimum absolute atomic E-state index is 0.161. The summed E-state index contributed by atoms with van der Waals surface area (Å²) >= 11 is 0. The minimum Gasteiger partial charge on any atom is -0.233 e. The molecule has 0 aromatic rings. The van der Waals surface area contributed by atoms with Crippen molar-refractivity contribution < 1.29 is 9.78 Å². The van der Waals surface area contributed by atoms with E-state index in [1.54, 1.807) is 6.08 Å². The average molecular weight is 433 g/mol. The molecule has 0 N–H and O–H groups in total. The fraction of sp³-hybridized carbons (Fsp3) is 0.862. The summed E-state index contributed by atoms with van der Waals surface area (Å²) in [4.78, 5) is 10.6. The van der Waals surface area contributed by atoms with Gasteiger partial charge in [-0.2, -0.15) is 0 Å². The Labute approximate surface area is 194 Å². The quantitative estimate of drug-likeness (QED) is 0.125. The van der Waals surface area contributed by atoms with Gasteiger partial charge in [0.25, 0.3) is 0 Å². The van der Waals surface area contributed by atoms with Crippen LogP contribution in [0.3, 0.4) is 0 Å². The molecule has 2 rings (SSSR count). The molecule has 0 spiro atoms. The molecule has 31 heavy (non-hydrogen) atoms. The third-order valence-electron chi connectivity index (χ3n) is 9.04. The smallest absolute Gasteiger partial charge is 0.100 e. The van der Waals surface area contributed by atoms with Crippen molar-refractivity contribution in [3.8, 4) is 0 Å². The predicted octanol–water partition coefficient (Wildman–Crippen LogP) is 8.92. The van der Waals surface area contributed by atoms with Crippen molar-refractivity contribution in [3.63, 3.8) is 0 Å². The molecule has 0 amide bonds.